The molecule has 0 bridgehead atoms. The monoisotopic (exact) mass is 356 g/mol. The highest BCUT2D eigenvalue weighted by Crippen LogP contribution is 2.24. The molecule has 1 aliphatic rings. The van der Waals surface area contributed by atoms with Crippen molar-refractivity contribution >= 4 is 17.7 Å². The summed E-state index contributed by atoms with van der Waals surface area (Å²) < 4.78 is 6.59. The summed E-state index contributed by atoms with van der Waals surface area (Å²) in [4.78, 5) is 26.4. The molecule has 0 unspecified atom stereocenters. The Labute approximate surface area is 147 Å². The number of carbonyl (C=O) groups excluding carboxylic acids is 1. The van der Waals surface area contributed by atoms with E-state index >= 15 is 0 Å². The number of nitrogens with one attached hydrogen (secondary N) is 1. The van der Waals surface area contributed by atoms with E-state index in [-0.39, 0.29) is 11.6 Å². The van der Waals surface area contributed by atoms with Crippen LogP contribution in [-0.4, -0.2) is 57.6 Å². The van der Waals surface area contributed by atoms with Gasteiger partial charge in [-0.3, -0.25) is 9.36 Å². The Kier molecular flexibility index (Phi) is 7.84. The molecule has 7 nitrogen and oxygen atoms in total. The van der Waals surface area contributed by atoms with E-state index in [0.29, 0.717) is 30.1 Å². The topological polar surface area (TPSA) is 80.2 Å². The smallest absolute Gasteiger partial charge is 0.343 e. The van der Waals surface area contributed by atoms with Crippen LogP contribution in [-0.2, 0) is 16.1 Å². The van der Waals surface area contributed by atoms with Crippen LogP contribution in [0.3, 0.4) is 0 Å². The van der Waals surface area contributed by atoms with Gasteiger partial charge in [0.05, 0.1) is 5.75 Å². The molecule has 1 fully saturated rings. The quantitative estimate of drug-likeness (QED) is 0.540. The third-order valence-corrected chi connectivity index (χ3v) is 5.42. The predicted molar refractivity (Wildman–Crippen MR) is 94.3 cm³/mol. The molecule has 0 aliphatic heterocycles. The molecule has 2 rings (SSSR count). The summed E-state index contributed by atoms with van der Waals surface area (Å²) in [5.74, 6) is 0.451. The molecule has 1 aromatic rings. The van der Waals surface area contributed by atoms with Gasteiger partial charge >= 0.3 is 5.69 Å². The van der Waals surface area contributed by atoms with E-state index in [1.54, 1.807) is 11.7 Å². The van der Waals surface area contributed by atoms with Gasteiger partial charge in [0, 0.05) is 32.8 Å². The minimum atomic E-state index is -0.235. The first kappa shape index (κ1) is 19.1. The van der Waals surface area contributed by atoms with E-state index in [1.165, 1.54) is 31.0 Å². The molecule has 8 heteroatoms. The fourth-order valence-corrected chi connectivity index (χ4v) is 4.08. The van der Waals surface area contributed by atoms with E-state index in [2.05, 4.69) is 10.2 Å². The van der Waals surface area contributed by atoms with Crippen LogP contribution in [0.5, 0.6) is 0 Å². The van der Waals surface area contributed by atoms with Crippen molar-refractivity contribution in [3.05, 3.63) is 10.5 Å². The maximum Gasteiger partial charge on any atom is 0.343 e. The van der Waals surface area contributed by atoms with Crippen LogP contribution in [0.25, 0.3) is 0 Å². The molecule has 1 heterocycles. The van der Waals surface area contributed by atoms with Gasteiger partial charge < -0.3 is 9.64 Å². The van der Waals surface area contributed by atoms with E-state index in [4.69, 9.17) is 4.74 Å². The van der Waals surface area contributed by atoms with Crippen molar-refractivity contribution in [2.45, 2.75) is 63.2 Å². The molecule has 1 aliphatic carbocycles. The molecule has 136 valence electrons. The van der Waals surface area contributed by atoms with E-state index in [0.717, 1.165) is 25.8 Å². The summed E-state index contributed by atoms with van der Waals surface area (Å²) in [7, 11) is 1.64. The average molecular weight is 356 g/mol. The van der Waals surface area contributed by atoms with Crippen molar-refractivity contribution in [3.8, 4) is 0 Å². The van der Waals surface area contributed by atoms with E-state index in [1.807, 2.05) is 11.8 Å². The number of aromatic nitrogens is 3. The van der Waals surface area contributed by atoms with Gasteiger partial charge in [0.25, 0.3) is 0 Å². The van der Waals surface area contributed by atoms with Gasteiger partial charge in [0.15, 0.2) is 5.16 Å². The summed E-state index contributed by atoms with van der Waals surface area (Å²) in [6.07, 6.45) is 6.64. The number of ether oxygens (including phenoxy) is 1. The normalized spacial score (nSPS) is 15.6. The number of carbonyl (C=O) groups is 1. The van der Waals surface area contributed by atoms with E-state index < -0.39 is 0 Å². The molecule has 24 heavy (non-hydrogen) atoms. The lowest BCUT2D eigenvalue weighted by atomic mass is 9.94. The average Bonchev–Trinajstić information content (AvgIpc) is 2.95. The maximum absolute atomic E-state index is 12.6. The van der Waals surface area contributed by atoms with E-state index in [9.17, 15) is 9.59 Å². The number of rotatable bonds is 9. The maximum atomic E-state index is 12.6. The minimum absolute atomic E-state index is 0.133. The number of hydrogen-bond acceptors (Lipinski definition) is 5. The number of hydrogen-bond donors (Lipinski definition) is 1. The Morgan fingerprint density at radius 2 is 2.17 bits per heavy atom. The largest absolute Gasteiger partial charge is 0.385 e. The molecule has 1 amide bonds. The van der Waals surface area contributed by atoms with Crippen LogP contribution in [0.1, 0.15) is 45.4 Å². The Balaban J connectivity index is 1.91. The van der Waals surface area contributed by atoms with Gasteiger partial charge in [0.2, 0.25) is 5.91 Å². The molecule has 1 aromatic heterocycles. The van der Waals surface area contributed by atoms with Crippen molar-refractivity contribution in [2.75, 3.05) is 26.0 Å². The number of aromatic amines is 1. The van der Waals surface area contributed by atoms with Gasteiger partial charge in [0.1, 0.15) is 0 Å². The molecule has 1 N–H and O–H groups in total. The van der Waals surface area contributed by atoms with Crippen LogP contribution in [0.4, 0.5) is 0 Å². The second-order valence-corrected chi connectivity index (χ2v) is 7.01. The summed E-state index contributed by atoms with van der Waals surface area (Å²) in [5.41, 5.74) is -0.235. The summed E-state index contributed by atoms with van der Waals surface area (Å²) >= 11 is 1.33. The Morgan fingerprint density at radius 1 is 1.42 bits per heavy atom. The standard InChI is InChI=1S/C16H28N4O3S/c1-3-19(13-8-5-4-6-9-13)14(21)12-24-16-18-17-15(22)20(16)10-7-11-23-2/h13H,3-12H2,1-2H3,(H,17,22). The molecule has 0 spiro atoms. The minimum Gasteiger partial charge on any atom is -0.385 e. The third kappa shape index (κ3) is 5.11. The first-order valence-electron chi connectivity index (χ1n) is 8.73. The van der Waals surface area contributed by atoms with Crippen LogP contribution in [0, 0.1) is 0 Å². The zero-order valence-corrected chi connectivity index (χ0v) is 15.4. The van der Waals surface area contributed by atoms with Crippen LogP contribution >= 0.6 is 11.8 Å². The van der Waals surface area contributed by atoms with Crippen LogP contribution in [0.15, 0.2) is 9.95 Å². The lowest BCUT2D eigenvalue weighted by Gasteiger charge is -2.33. The highest BCUT2D eigenvalue weighted by molar-refractivity contribution is 7.99. The second kappa shape index (κ2) is 9.88. The lowest BCUT2D eigenvalue weighted by Crippen LogP contribution is -2.42. The second-order valence-electron chi connectivity index (χ2n) is 6.07. The van der Waals surface area contributed by atoms with Crippen LogP contribution < -0.4 is 5.69 Å². The predicted octanol–water partition coefficient (Wildman–Crippen LogP) is 1.88. The van der Waals surface area contributed by atoms with Gasteiger partial charge in [-0.25, -0.2) is 9.89 Å². The molecule has 0 radical (unpaired) electrons. The molecule has 0 saturated heterocycles. The molecule has 1 saturated carbocycles. The van der Waals surface area contributed by atoms with Crippen molar-refractivity contribution in [1.29, 1.82) is 0 Å². The zero-order chi connectivity index (χ0) is 17.4. The lowest BCUT2D eigenvalue weighted by molar-refractivity contribution is -0.131. The zero-order valence-electron chi connectivity index (χ0n) is 14.6. The SMILES string of the molecule is CCN(C(=O)CSc1n[nH]c(=O)n1CCCOC)C1CCCCC1. The number of amides is 1. The van der Waals surface area contributed by atoms with Crippen molar-refractivity contribution in [3.63, 3.8) is 0 Å². The number of thioether (sulfide) groups is 1. The summed E-state index contributed by atoms with van der Waals surface area (Å²) in [5, 5.41) is 7.08. The fraction of sp³-hybridized carbons (Fsp3) is 0.812. The van der Waals surface area contributed by atoms with Gasteiger partial charge in [-0.2, -0.15) is 0 Å². The molecular formula is C16H28N4O3S. The third-order valence-electron chi connectivity index (χ3n) is 4.45. The first-order valence-corrected chi connectivity index (χ1v) is 9.72. The Morgan fingerprint density at radius 3 is 2.83 bits per heavy atom. The van der Waals surface area contributed by atoms with Crippen molar-refractivity contribution in [2.24, 2.45) is 0 Å². The van der Waals surface area contributed by atoms with Crippen LogP contribution in [0.2, 0.25) is 0 Å². The highest BCUT2D eigenvalue weighted by atomic mass is 32.2. The number of nitrogens with zero attached hydrogens (tertiary/aromatic N) is 3. The van der Waals surface area contributed by atoms with Crippen molar-refractivity contribution < 1.29 is 9.53 Å². The van der Waals surface area contributed by atoms with Gasteiger partial charge in [-0.1, -0.05) is 31.0 Å². The van der Waals surface area contributed by atoms with Gasteiger partial charge in [-0.05, 0) is 26.2 Å². The molecular weight excluding hydrogens is 328 g/mol. The molecule has 0 atom stereocenters. The number of methoxy groups -OCH3 is 1. The van der Waals surface area contributed by atoms with Crippen molar-refractivity contribution in [1.82, 2.24) is 19.7 Å². The number of H-pyrrole nitrogens is 1. The Bertz CT molecular complexity index is 566. The van der Waals surface area contributed by atoms with Gasteiger partial charge in [-0.15, -0.1) is 5.10 Å². The Hall–Kier alpha value is -1.28. The first-order chi connectivity index (χ1) is 11.7. The fourth-order valence-electron chi connectivity index (χ4n) is 3.22. The summed E-state index contributed by atoms with van der Waals surface area (Å²) in [6, 6.07) is 0.375. The highest BCUT2D eigenvalue weighted by Gasteiger charge is 2.24. The molecule has 0 aromatic carbocycles. The summed E-state index contributed by atoms with van der Waals surface area (Å²) in [6.45, 7) is 3.91.